The summed E-state index contributed by atoms with van der Waals surface area (Å²) in [5.74, 6) is -0.227. The predicted molar refractivity (Wildman–Crippen MR) is 103 cm³/mol. The van der Waals surface area contributed by atoms with Crippen LogP contribution in [0.5, 0.6) is 0 Å². The Morgan fingerprint density at radius 2 is 1.81 bits per heavy atom. The first kappa shape index (κ1) is 19.0. The number of thiophene rings is 1. The molecular formula is C18H22N2O4S2. The summed E-state index contributed by atoms with van der Waals surface area (Å²) in [6.45, 7) is 7.24. The van der Waals surface area contributed by atoms with E-state index in [1.165, 1.54) is 21.7 Å². The van der Waals surface area contributed by atoms with Gasteiger partial charge in [-0.05, 0) is 50.1 Å². The fourth-order valence-corrected chi connectivity index (χ4v) is 5.07. The number of anilines is 1. The van der Waals surface area contributed by atoms with Gasteiger partial charge in [0.1, 0.15) is 0 Å². The van der Waals surface area contributed by atoms with Crippen molar-refractivity contribution in [1.29, 1.82) is 0 Å². The van der Waals surface area contributed by atoms with Crippen molar-refractivity contribution in [2.45, 2.75) is 25.7 Å². The Labute approximate surface area is 157 Å². The molecule has 1 aromatic heterocycles. The lowest BCUT2D eigenvalue weighted by molar-refractivity contribution is 0.0730. The molecule has 0 saturated carbocycles. The minimum Gasteiger partial charge on any atom is -0.379 e. The minimum atomic E-state index is -3.60. The van der Waals surface area contributed by atoms with Crippen LogP contribution >= 0.6 is 11.3 Å². The maximum atomic E-state index is 12.8. The number of rotatable bonds is 4. The number of amides is 1. The number of carbonyl (C=O) groups is 1. The SMILES string of the molecule is Cc1ccc(S(=O)(=O)N2CCOCC2)cc1NC(=O)c1cc(C)c(C)s1. The van der Waals surface area contributed by atoms with E-state index in [2.05, 4.69) is 5.32 Å². The van der Waals surface area contributed by atoms with Crippen LogP contribution in [0, 0.1) is 20.8 Å². The van der Waals surface area contributed by atoms with Crippen LogP contribution in [0.25, 0.3) is 0 Å². The number of hydrogen-bond donors (Lipinski definition) is 1. The smallest absolute Gasteiger partial charge is 0.265 e. The van der Waals surface area contributed by atoms with Crippen LogP contribution in [0.4, 0.5) is 5.69 Å². The van der Waals surface area contributed by atoms with Crippen molar-refractivity contribution in [3.05, 3.63) is 45.1 Å². The molecule has 2 aromatic rings. The molecule has 0 radical (unpaired) electrons. The Bertz CT molecular complexity index is 909. The molecule has 1 aliphatic heterocycles. The molecule has 8 heteroatoms. The predicted octanol–water partition coefficient (Wildman–Crippen LogP) is 2.95. The molecule has 0 bridgehead atoms. The monoisotopic (exact) mass is 394 g/mol. The number of aryl methyl sites for hydroxylation is 3. The second-order valence-corrected chi connectivity index (χ2v) is 9.49. The van der Waals surface area contributed by atoms with Gasteiger partial charge in [-0.3, -0.25) is 4.79 Å². The summed E-state index contributed by atoms with van der Waals surface area (Å²) < 4.78 is 32.3. The van der Waals surface area contributed by atoms with Gasteiger partial charge in [0.25, 0.3) is 5.91 Å². The van der Waals surface area contributed by atoms with Crippen LogP contribution < -0.4 is 5.32 Å². The van der Waals surface area contributed by atoms with Crippen LogP contribution in [-0.2, 0) is 14.8 Å². The van der Waals surface area contributed by atoms with Gasteiger partial charge in [-0.1, -0.05) is 6.07 Å². The summed E-state index contributed by atoms with van der Waals surface area (Å²) >= 11 is 1.43. The normalized spacial score (nSPS) is 15.8. The molecule has 0 atom stereocenters. The topological polar surface area (TPSA) is 75.7 Å². The maximum absolute atomic E-state index is 12.8. The zero-order valence-electron chi connectivity index (χ0n) is 15.0. The van der Waals surface area contributed by atoms with Crippen molar-refractivity contribution < 1.29 is 17.9 Å². The summed E-state index contributed by atoms with van der Waals surface area (Å²) in [6.07, 6.45) is 0. The second-order valence-electron chi connectivity index (χ2n) is 6.30. The quantitative estimate of drug-likeness (QED) is 0.865. The van der Waals surface area contributed by atoms with Gasteiger partial charge in [0.2, 0.25) is 10.0 Å². The van der Waals surface area contributed by atoms with Crippen molar-refractivity contribution in [2.24, 2.45) is 0 Å². The first-order valence-electron chi connectivity index (χ1n) is 8.36. The zero-order chi connectivity index (χ0) is 18.9. The van der Waals surface area contributed by atoms with E-state index in [4.69, 9.17) is 4.74 Å². The number of hydrogen-bond acceptors (Lipinski definition) is 5. The van der Waals surface area contributed by atoms with Gasteiger partial charge >= 0.3 is 0 Å². The molecule has 0 aliphatic carbocycles. The average Bonchev–Trinajstić information content (AvgIpc) is 2.96. The van der Waals surface area contributed by atoms with Crippen molar-refractivity contribution >= 4 is 33.0 Å². The van der Waals surface area contributed by atoms with E-state index in [-0.39, 0.29) is 10.8 Å². The lowest BCUT2D eigenvalue weighted by atomic mass is 10.2. The van der Waals surface area contributed by atoms with E-state index in [1.807, 2.05) is 26.8 Å². The molecule has 3 rings (SSSR count). The Balaban J connectivity index is 1.86. The van der Waals surface area contributed by atoms with E-state index in [0.717, 1.165) is 16.0 Å². The van der Waals surface area contributed by atoms with Crippen molar-refractivity contribution in [1.82, 2.24) is 4.31 Å². The fraction of sp³-hybridized carbons (Fsp3) is 0.389. The molecule has 1 N–H and O–H groups in total. The molecule has 1 saturated heterocycles. The third kappa shape index (κ3) is 3.83. The third-order valence-electron chi connectivity index (χ3n) is 4.45. The molecule has 140 valence electrons. The number of benzene rings is 1. The third-order valence-corrected chi connectivity index (χ3v) is 7.50. The van der Waals surface area contributed by atoms with E-state index < -0.39 is 10.0 Å². The molecule has 1 fully saturated rings. The summed E-state index contributed by atoms with van der Waals surface area (Å²) in [7, 11) is -3.60. The Morgan fingerprint density at radius 3 is 2.42 bits per heavy atom. The summed E-state index contributed by atoms with van der Waals surface area (Å²) in [5.41, 5.74) is 2.39. The van der Waals surface area contributed by atoms with Crippen LogP contribution in [-0.4, -0.2) is 44.9 Å². The van der Waals surface area contributed by atoms with Gasteiger partial charge in [0, 0.05) is 23.7 Å². The number of sulfonamides is 1. The standard InChI is InChI=1S/C18H22N2O4S2/c1-12-4-5-15(26(22,23)20-6-8-24-9-7-20)11-16(12)19-18(21)17-10-13(2)14(3)25-17/h4-5,10-11H,6-9H2,1-3H3,(H,19,21). The van der Waals surface area contributed by atoms with E-state index in [0.29, 0.717) is 36.9 Å². The Hall–Kier alpha value is -1.74. The zero-order valence-corrected chi connectivity index (χ0v) is 16.7. The summed E-state index contributed by atoms with van der Waals surface area (Å²) in [5, 5.41) is 2.85. The molecular weight excluding hydrogens is 372 g/mol. The molecule has 2 heterocycles. The number of nitrogens with one attached hydrogen (secondary N) is 1. The van der Waals surface area contributed by atoms with E-state index >= 15 is 0 Å². The molecule has 26 heavy (non-hydrogen) atoms. The number of carbonyl (C=O) groups excluding carboxylic acids is 1. The van der Waals surface area contributed by atoms with Crippen molar-refractivity contribution in [3.8, 4) is 0 Å². The lowest BCUT2D eigenvalue weighted by Crippen LogP contribution is -2.40. The van der Waals surface area contributed by atoms with Gasteiger partial charge in [0.05, 0.1) is 23.0 Å². The Kier molecular flexibility index (Phi) is 5.47. The van der Waals surface area contributed by atoms with E-state index in [9.17, 15) is 13.2 Å². The number of morpholine rings is 1. The number of nitrogens with zero attached hydrogens (tertiary/aromatic N) is 1. The van der Waals surface area contributed by atoms with Gasteiger partial charge in [-0.25, -0.2) is 8.42 Å². The molecule has 1 amide bonds. The maximum Gasteiger partial charge on any atom is 0.265 e. The van der Waals surface area contributed by atoms with Crippen molar-refractivity contribution in [2.75, 3.05) is 31.6 Å². The van der Waals surface area contributed by atoms with E-state index in [1.54, 1.807) is 12.1 Å². The first-order chi connectivity index (χ1) is 12.3. The lowest BCUT2D eigenvalue weighted by Gasteiger charge is -2.26. The molecule has 1 aliphatic rings. The van der Waals surface area contributed by atoms with Gasteiger partial charge in [-0.15, -0.1) is 11.3 Å². The highest BCUT2D eigenvalue weighted by Crippen LogP contribution is 2.26. The number of ether oxygens (including phenoxy) is 1. The second kappa shape index (κ2) is 7.48. The fourth-order valence-electron chi connectivity index (χ4n) is 2.70. The van der Waals surface area contributed by atoms with Crippen LogP contribution in [0.2, 0.25) is 0 Å². The van der Waals surface area contributed by atoms with Crippen LogP contribution in [0.1, 0.15) is 25.7 Å². The molecule has 1 aromatic carbocycles. The van der Waals surface area contributed by atoms with Gasteiger partial charge in [-0.2, -0.15) is 4.31 Å². The largest absolute Gasteiger partial charge is 0.379 e. The van der Waals surface area contributed by atoms with Gasteiger partial charge < -0.3 is 10.1 Å². The minimum absolute atomic E-state index is 0.179. The molecule has 0 spiro atoms. The summed E-state index contributed by atoms with van der Waals surface area (Å²) in [4.78, 5) is 14.4. The highest BCUT2D eigenvalue weighted by atomic mass is 32.2. The average molecular weight is 395 g/mol. The summed E-state index contributed by atoms with van der Waals surface area (Å²) in [6, 6.07) is 6.67. The van der Waals surface area contributed by atoms with Crippen LogP contribution in [0.3, 0.4) is 0 Å². The van der Waals surface area contributed by atoms with Crippen molar-refractivity contribution in [3.63, 3.8) is 0 Å². The first-order valence-corrected chi connectivity index (χ1v) is 10.6. The highest BCUT2D eigenvalue weighted by Gasteiger charge is 2.27. The Morgan fingerprint density at radius 1 is 1.12 bits per heavy atom. The van der Waals surface area contributed by atoms with Gasteiger partial charge in [0.15, 0.2) is 0 Å². The molecule has 6 nitrogen and oxygen atoms in total. The highest BCUT2D eigenvalue weighted by molar-refractivity contribution is 7.89. The molecule has 0 unspecified atom stereocenters. The van der Waals surface area contributed by atoms with Crippen LogP contribution in [0.15, 0.2) is 29.2 Å².